The highest BCUT2D eigenvalue weighted by Gasteiger charge is 2.14. The van der Waals surface area contributed by atoms with Crippen molar-refractivity contribution in [2.45, 2.75) is 13.0 Å². The Hall–Kier alpha value is -0.310. The van der Waals surface area contributed by atoms with Crippen molar-refractivity contribution < 1.29 is 4.39 Å². The summed E-state index contributed by atoms with van der Waals surface area (Å²) in [6, 6.07) is 3.22. The van der Waals surface area contributed by atoms with E-state index in [0.717, 1.165) is 30.6 Å². The molecule has 4 heteroatoms. The van der Waals surface area contributed by atoms with Gasteiger partial charge in [-0.15, -0.1) is 12.4 Å². The molecule has 72 valence electrons. The topological polar surface area (TPSA) is 12.0 Å². The lowest BCUT2D eigenvalue weighted by atomic mass is 10.0. The zero-order valence-electron chi connectivity index (χ0n) is 6.94. The molecule has 0 aliphatic carbocycles. The highest BCUT2D eigenvalue weighted by molar-refractivity contribution is 6.31. The fraction of sp³-hybridized carbons (Fsp3) is 0.333. The van der Waals surface area contributed by atoms with Crippen molar-refractivity contribution in [3.05, 3.63) is 34.1 Å². The third kappa shape index (κ3) is 1.96. The van der Waals surface area contributed by atoms with Crippen molar-refractivity contribution in [2.24, 2.45) is 0 Å². The van der Waals surface area contributed by atoms with E-state index in [1.54, 1.807) is 6.07 Å². The van der Waals surface area contributed by atoms with Crippen LogP contribution in [0.3, 0.4) is 0 Å². The molecule has 0 fully saturated rings. The lowest BCUT2D eigenvalue weighted by Gasteiger charge is -2.18. The number of rotatable bonds is 0. The molecule has 0 bridgehead atoms. The van der Waals surface area contributed by atoms with Gasteiger partial charge in [-0.3, -0.25) is 0 Å². The van der Waals surface area contributed by atoms with Gasteiger partial charge in [0.25, 0.3) is 0 Å². The first-order valence-corrected chi connectivity index (χ1v) is 4.33. The van der Waals surface area contributed by atoms with Gasteiger partial charge in [0.1, 0.15) is 5.82 Å². The van der Waals surface area contributed by atoms with Crippen LogP contribution >= 0.6 is 24.0 Å². The molecule has 1 aliphatic rings. The molecular weight excluding hydrogens is 212 g/mol. The predicted molar refractivity (Wildman–Crippen MR) is 54.1 cm³/mol. The second kappa shape index (κ2) is 4.27. The van der Waals surface area contributed by atoms with Gasteiger partial charge in [0.05, 0.1) is 5.02 Å². The Morgan fingerprint density at radius 2 is 2.15 bits per heavy atom. The Bertz CT molecular complexity index is 315. The molecule has 1 aromatic carbocycles. The van der Waals surface area contributed by atoms with Crippen LogP contribution < -0.4 is 5.32 Å². The highest BCUT2D eigenvalue weighted by Crippen LogP contribution is 2.25. The first-order valence-electron chi connectivity index (χ1n) is 3.95. The van der Waals surface area contributed by atoms with Crippen molar-refractivity contribution >= 4 is 24.0 Å². The molecule has 1 N–H and O–H groups in total. The summed E-state index contributed by atoms with van der Waals surface area (Å²) in [5, 5.41) is 3.51. The van der Waals surface area contributed by atoms with E-state index < -0.39 is 0 Å². The van der Waals surface area contributed by atoms with Gasteiger partial charge in [-0.05, 0) is 30.2 Å². The number of hydrogen-bond acceptors (Lipinski definition) is 1. The molecule has 0 saturated carbocycles. The van der Waals surface area contributed by atoms with Crippen LogP contribution in [-0.4, -0.2) is 6.54 Å². The largest absolute Gasteiger partial charge is 0.312 e. The number of benzene rings is 1. The van der Waals surface area contributed by atoms with Crippen LogP contribution in [0, 0.1) is 5.82 Å². The first kappa shape index (κ1) is 10.8. The third-order valence-electron chi connectivity index (χ3n) is 2.16. The minimum Gasteiger partial charge on any atom is -0.312 e. The Labute approximate surface area is 87.7 Å². The molecule has 13 heavy (non-hydrogen) atoms. The van der Waals surface area contributed by atoms with Gasteiger partial charge in [0.15, 0.2) is 0 Å². The van der Waals surface area contributed by atoms with Crippen molar-refractivity contribution in [1.82, 2.24) is 5.32 Å². The van der Waals surface area contributed by atoms with Crippen molar-refractivity contribution in [3.63, 3.8) is 0 Å². The normalized spacial score (nSPS) is 14.6. The van der Waals surface area contributed by atoms with Crippen molar-refractivity contribution in [2.75, 3.05) is 6.54 Å². The van der Waals surface area contributed by atoms with Crippen LogP contribution in [0.25, 0.3) is 0 Å². The van der Waals surface area contributed by atoms with Crippen LogP contribution in [0.4, 0.5) is 4.39 Å². The van der Waals surface area contributed by atoms with E-state index in [0.29, 0.717) is 5.02 Å². The molecular formula is C9H10Cl2FN. The minimum atomic E-state index is -0.308. The summed E-state index contributed by atoms with van der Waals surface area (Å²) < 4.78 is 13.0. The minimum absolute atomic E-state index is 0. The predicted octanol–water partition coefficient (Wildman–Crippen LogP) is 2.55. The molecule has 0 amide bonds. The third-order valence-corrected chi connectivity index (χ3v) is 2.57. The van der Waals surface area contributed by atoms with E-state index in [-0.39, 0.29) is 18.2 Å². The fourth-order valence-electron chi connectivity index (χ4n) is 1.50. The Kier molecular flexibility index (Phi) is 3.54. The SMILES string of the molecule is Cl.Fc1ccc2c(c1Cl)CCNC2. The van der Waals surface area contributed by atoms with E-state index in [4.69, 9.17) is 11.6 Å². The molecule has 1 aliphatic heterocycles. The maximum Gasteiger partial charge on any atom is 0.142 e. The number of nitrogens with one attached hydrogen (secondary N) is 1. The smallest absolute Gasteiger partial charge is 0.142 e. The molecule has 1 nitrogen and oxygen atoms in total. The molecule has 1 heterocycles. The molecule has 1 aromatic rings. The maximum atomic E-state index is 13.0. The van der Waals surface area contributed by atoms with Crippen LogP contribution in [0.5, 0.6) is 0 Å². The zero-order chi connectivity index (χ0) is 8.55. The van der Waals surface area contributed by atoms with E-state index in [1.807, 2.05) is 0 Å². The molecule has 0 radical (unpaired) electrons. The van der Waals surface area contributed by atoms with Gasteiger partial charge in [-0.2, -0.15) is 0 Å². The Balaban J connectivity index is 0.000000845. The summed E-state index contributed by atoms with van der Waals surface area (Å²) in [5.74, 6) is -0.308. The van der Waals surface area contributed by atoms with Crippen LogP contribution in [0.15, 0.2) is 12.1 Å². The van der Waals surface area contributed by atoms with E-state index in [1.165, 1.54) is 6.07 Å². The lowest BCUT2D eigenvalue weighted by molar-refractivity contribution is 0.606. The molecule has 0 saturated heterocycles. The summed E-state index contributed by atoms with van der Waals surface area (Å²) in [5.41, 5.74) is 2.09. The van der Waals surface area contributed by atoms with Gasteiger partial charge < -0.3 is 5.32 Å². The van der Waals surface area contributed by atoms with Crippen molar-refractivity contribution in [1.29, 1.82) is 0 Å². The van der Waals surface area contributed by atoms with Crippen LogP contribution in [0.2, 0.25) is 5.02 Å². The second-order valence-electron chi connectivity index (χ2n) is 2.93. The van der Waals surface area contributed by atoms with Gasteiger partial charge in [0.2, 0.25) is 0 Å². The molecule has 0 atom stereocenters. The van der Waals surface area contributed by atoms with Gasteiger partial charge in [-0.25, -0.2) is 4.39 Å². The fourth-order valence-corrected chi connectivity index (χ4v) is 1.78. The highest BCUT2D eigenvalue weighted by atomic mass is 35.5. The average Bonchev–Trinajstić information content (AvgIpc) is 2.12. The van der Waals surface area contributed by atoms with E-state index >= 15 is 0 Å². The van der Waals surface area contributed by atoms with Crippen LogP contribution in [0.1, 0.15) is 11.1 Å². The first-order chi connectivity index (χ1) is 5.79. The summed E-state index contributed by atoms with van der Waals surface area (Å²) in [6.07, 6.45) is 0.825. The van der Waals surface area contributed by atoms with Crippen LogP contribution in [-0.2, 0) is 13.0 Å². The Morgan fingerprint density at radius 1 is 1.38 bits per heavy atom. The van der Waals surface area contributed by atoms with Crippen molar-refractivity contribution in [3.8, 4) is 0 Å². The summed E-state index contributed by atoms with van der Waals surface area (Å²) in [7, 11) is 0. The summed E-state index contributed by atoms with van der Waals surface area (Å²) in [4.78, 5) is 0. The maximum absolute atomic E-state index is 13.0. The lowest BCUT2D eigenvalue weighted by Crippen LogP contribution is -2.23. The molecule has 0 aromatic heterocycles. The quantitative estimate of drug-likeness (QED) is 0.711. The van der Waals surface area contributed by atoms with E-state index in [2.05, 4.69) is 5.32 Å². The molecule has 0 spiro atoms. The molecule has 2 rings (SSSR count). The van der Waals surface area contributed by atoms with Gasteiger partial charge in [-0.1, -0.05) is 17.7 Å². The standard InChI is InChI=1S/C9H9ClFN.ClH/c10-9-7-3-4-12-5-6(7)1-2-8(9)11;/h1-2,12H,3-5H2;1H. The van der Waals surface area contributed by atoms with Gasteiger partial charge >= 0.3 is 0 Å². The number of fused-ring (bicyclic) bond motifs is 1. The summed E-state index contributed by atoms with van der Waals surface area (Å²) >= 11 is 5.81. The second-order valence-corrected chi connectivity index (χ2v) is 3.30. The summed E-state index contributed by atoms with van der Waals surface area (Å²) in [6.45, 7) is 1.69. The monoisotopic (exact) mass is 221 g/mol. The van der Waals surface area contributed by atoms with Gasteiger partial charge in [0, 0.05) is 6.54 Å². The molecule has 0 unspecified atom stereocenters. The number of hydrogen-bond donors (Lipinski definition) is 1. The van der Waals surface area contributed by atoms with E-state index in [9.17, 15) is 4.39 Å². The average molecular weight is 222 g/mol. The zero-order valence-corrected chi connectivity index (χ0v) is 8.51. The number of halogens is 3. The Morgan fingerprint density at radius 3 is 2.92 bits per heavy atom.